The van der Waals surface area contributed by atoms with Crippen molar-refractivity contribution in [3.63, 3.8) is 0 Å². The number of benzene rings is 1. The first-order valence-corrected chi connectivity index (χ1v) is 14.7. The molecular formula is C27H51NO6S. The maximum Gasteiger partial charge on any atom is 0.296 e. The van der Waals surface area contributed by atoms with Crippen molar-refractivity contribution < 1.29 is 27.9 Å². The Labute approximate surface area is 214 Å². The Kier molecular flexibility index (Phi) is 20.5. The van der Waals surface area contributed by atoms with E-state index in [-0.39, 0.29) is 11.5 Å². The van der Waals surface area contributed by atoms with Crippen molar-refractivity contribution in [2.45, 2.75) is 115 Å². The molecule has 1 aromatic rings. The van der Waals surface area contributed by atoms with Crippen molar-refractivity contribution in [1.82, 2.24) is 4.90 Å². The molecule has 0 aliphatic rings. The summed E-state index contributed by atoms with van der Waals surface area (Å²) in [7, 11) is -3.57. The molecule has 7 nitrogen and oxygen atoms in total. The average molecular weight is 518 g/mol. The van der Waals surface area contributed by atoms with Crippen molar-refractivity contribution in [2.24, 2.45) is 0 Å². The fourth-order valence-corrected chi connectivity index (χ4v) is 4.72. The minimum atomic E-state index is -3.57. The van der Waals surface area contributed by atoms with Gasteiger partial charge in [0.05, 0.1) is 29.8 Å². The number of unbranched alkanes of at least 4 members (excludes halogenated alkanes) is 9. The molecule has 35 heavy (non-hydrogen) atoms. The molecule has 3 N–H and O–H groups in total. The van der Waals surface area contributed by atoms with E-state index in [2.05, 4.69) is 6.92 Å². The molecule has 0 aromatic heterocycles. The van der Waals surface area contributed by atoms with Gasteiger partial charge in [-0.2, -0.15) is 8.42 Å². The van der Waals surface area contributed by atoms with E-state index >= 15 is 0 Å². The first-order valence-electron chi connectivity index (χ1n) is 13.3. The van der Waals surface area contributed by atoms with Gasteiger partial charge < -0.3 is 15.3 Å². The Morgan fingerprint density at radius 1 is 0.714 bits per heavy atom. The van der Waals surface area contributed by atoms with Gasteiger partial charge in [-0.1, -0.05) is 82.9 Å². The van der Waals surface area contributed by atoms with Gasteiger partial charge in [0.2, 0.25) is 0 Å². The first kappa shape index (κ1) is 34.0. The molecule has 3 unspecified atom stereocenters. The number of hydrogen-bond donors (Lipinski definition) is 3. The highest BCUT2D eigenvalue weighted by Gasteiger charge is 2.14. The van der Waals surface area contributed by atoms with E-state index in [1.165, 1.54) is 51.4 Å². The SMILES string of the molecule is CC(O)CN(CC(C)O)CC(C)O.CCCCCCCCCCCCOS(=O)(=O)c1ccccc1. The van der Waals surface area contributed by atoms with E-state index in [1.54, 1.807) is 51.1 Å². The summed E-state index contributed by atoms with van der Waals surface area (Å²) in [6.45, 7) is 9.04. The van der Waals surface area contributed by atoms with Crippen molar-refractivity contribution in [3.8, 4) is 0 Å². The lowest BCUT2D eigenvalue weighted by Gasteiger charge is -2.25. The topological polar surface area (TPSA) is 107 Å². The van der Waals surface area contributed by atoms with Crippen LogP contribution in [0.2, 0.25) is 0 Å². The molecule has 8 heteroatoms. The van der Waals surface area contributed by atoms with Crippen LogP contribution in [0.3, 0.4) is 0 Å². The predicted octanol–water partition coefficient (Wildman–Crippen LogP) is 4.74. The summed E-state index contributed by atoms with van der Waals surface area (Å²) < 4.78 is 28.8. The number of aliphatic hydroxyl groups is 3. The van der Waals surface area contributed by atoms with Crippen LogP contribution in [0.1, 0.15) is 91.9 Å². The maximum absolute atomic E-state index is 11.9. The fraction of sp³-hybridized carbons (Fsp3) is 0.778. The summed E-state index contributed by atoms with van der Waals surface area (Å²) in [6.07, 6.45) is 11.0. The molecule has 0 saturated carbocycles. The molecule has 0 bridgehead atoms. The van der Waals surface area contributed by atoms with Crippen LogP contribution in [0.5, 0.6) is 0 Å². The zero-order chi connectivity index (χ0) is 26.5. The van der Waals surface area contributed by atoms with Crippen LogP contribution in [-0.4, -0.2) is 73.2 Å². The molecule has 0 fully saturated rings. The van der Waals surface area contributed by atoms with Gasteiger partial charge in [0.15, 0.2) is 0 Å². The molecule has 3 atom stereocenters. The van der Waals surface area contributed by atoms with Gasteiger partial charge in [0.1, 0.15) is 0 Å². The Morgan fingerprint density at radius 3 is 1.51 bits per heavy atom. The lowest BCUT2D eigenvalue weighted by atomic mass is 10.1. The molecule has 0 heterocycles. The normalized spacial score (nSPS) is 14.3. The largest absolute Gasteiger partial charge is 0.392 e. The van der Waals surface area contributed by atoms with E-state index in [4.69, 9.17) is 19.5 Å². The lowest BCUT2D eigenvalue weighted by Crippen LogP contribution is -2.40. The zero-order valence-electron chi connectivity index (χ0n) is 22.4. The van der Waals surface area contributed by atoms with Crippen molar-refractivity contribution in [2.75, 3.05) is 26.2 Å². The highest BCUT2D eigenvalue weighted by atomic mass is 32.2. The number of aliphatic hydroxyl groups excluding tert-OH is 3. The Hall–Kier alpha value is -1.03. The second kappa shape index (κ2) is 21.1. The van der Waals surface area contributed by atoms with Crippen molar-refractivity contribution >= 4 is 10.1 Å². The average Bonchev–Trinajstić information content (AvgIpc) is 2.77. The quantitative estimate of drug-likeness (QED) is 0.180. The fourth-order valence-electron chi connectivity index (χ4n) is 3.76. The molecule has 0 saturated heterocycles. The molecule has 0 spiro atoms. The van der Waals surface area contributed by atoms with Crippen molar-refractivity contribution in [3.05, 3.63) is 30.3 Å². The Balaban J connectivity index is 0.000000761. The maximum atomic E-state index is 11.9. The summed E-state index contributed by atoms with van der Waals surface area (Å²) in [5.74, 6) is 0. The first-order chi connectivity index (χ1) is 16.6. The van der Waals surface area contributed by atoms with Gasteiger partial charge in [-0.15, -0.1) is 0 Å². The van der Waals surface area contributed by atoms with Gasteiger partial charge in [0, 0.05) is 19.6 Å². The highest BCUT2D eigenvalue weighted by molar-refractivity contribution is 7.86. The van der Waals surface area contributed by atoms with Gasteiger partial charge in [0.25, 0.3) is 10.1 Å². The minimum absolute atomic E-state index is 0.238. The second-order valence-corrected chi connectivity index (χ2v) is 11.2. The van der Waals surface area contributed by atoms with Crippen LogP contribution < -0.4 is 0 Å². The molecule has 0 aliphatic heterocycles. The molecule has 0 amide bonds. The van der Waals surface area contributed by atoms with Gasteiger partial charge in [-0.05, 0) is 39.3 Å². The third kappa shape index (κ3) is 20.8. The monoisotopic (exact) mass is 517 g/mol. The van der Waals surface area contributed by atoms with Crippen LogP contribution in [-0.2, 0) is 14.3 Å². The third-order valence-electron chi connectivity index (χ3n) is 5.34. The van der Waals surface area contributed by atoms with E-state index in [0.29, 0.717) is 19.6 Å². The number of nitrogens with zero attached hydrogens (tertiary/aromatic N) is 1. The summed E-state index contributed by atoms with van der Waals surface area (Å²) in [5, 5.41) is 27.4. The smallest absolute Gasteiger partial charge is 0.296 e. The minimum Gasteiger partial charge on any atom is -0.392 e. The molecule has 206 valence electrons. The van der Waals surface area contributed by atoms with Crippen molar-refractivity contribution in [1.29, 1.82) is 0 Å². The summed E-state index contributed by atoms with van der Waals surface area (Å²) >= 11 is 0. The summed E-state index contributed by atoms with van der Waals surface area (Å²) in [5.41, 5.74) is 0. The molecular weight excluding hydrogens is 466 g/mol. The van der Waals surface area contributed by atoms with Crippen LogP contribution in [0.25, 0.3) is 0 Å². The number of hydrogen-bond acceptors (Lipinski definition) is 7. The van der Waals surface area contributed by atoms with Gasteiger partial charge in [-0.3, -0.25) is 9.08 Å². The summed E-state index contributed by atoms with van der Waals surface area (Å²) in [4.78, 5) is 2.09. The van der Waals surface area contributed by atoms with E-state index in [1.807, 2.05) is 4.90 Å². The van der Waals surface area contributed by atoms with Crippen LogP contribution in [0.15, 0.2) is 35.2 Å². The molecule has 0 aliphatic carbocycles. The zero-order valence-corrected chi connectivity index (χ0v) is 23.3. The van der Waals surface area contributed by atoms with Crippen LogP contribution >= 0.6 is 0 Å². The Bertz CT molecular complexity index is 671. The summed E-state index contributed by atoms with van der Waals surface area (Å²) in [6, 6.07) is 8.33. The third-order valence-corrected chi connectivity index (χ3v) is 6.66. The van der Waals surface area contributed by atoms with Crippen LogP contribution in [0.4, 0.5) is 0 Å². The van der Waals surface area contributed by atoms with E-state index < -0.39 is 28.4 Å². The molecule has 1 rings (SSSR count). The highest BCUT2D eigenvalue weighted by Crippen LogP contribution is 2.13. The van der Waals surface area contributed by atoms with Gasteiger partial charge >= 0.3 is 0 Å². The molecule has 1 aromatic carbocycles. The lowest BCUT2D eigenvalue weighted by molar-refractivity contribution is 0.0530. The van der Waals surface area contributed by atoms with E-state index in [0.717, 1.165) is 12.8 Å². The standard InChI is InChI=1S/C18H30O3S.C9H21NO3/c1-2-3-4-5-6-7-8-9-10-14-17-21-22(19,20)18-15-12-11-13-16-18;1-7(11)4-10(5-8(2)12)6-9(3)13/h11-13,15-16H,2-10,14,17H2,1H3;7-9,11-13H,4-6H2,1-3H3. The molecule has 0 radical (unpaired) electrons. The predicted molar refractivity (Wildman–Crippen MR) is 143 cm³/mol. The van der Waals surface area contributed by atoms with E-state index in [9.17, 15) is 8.42 Å². The Morgan fingerprint density at radius 2 is 1.11 bits per heavy atom. The van der Waals surface area contributed by atoms with Crippen LogP contribution in [0, 0.1) is 0 Å². The second-order valence-electron chi connectivity index (χ2n) is 9.54. The van der Waals surface area contributed by atoms with Gasteiger partial charge in [-0.25, -0.2) is 0 Å². The number of rotatable bonds is 19.